The molecule has 0 aliphatic carbocycles. The molecule has 582 valence electrons. The quantitative estimate of drug-likeness (QED) is 0.168. The van der Waals surface area contributed by atoms with Crippen molar-refractivity contribution in [3.05, 3.63) is 372 Å². The van der Waals surface area contributed by atoms with E-state index in [0.29, 0.717) is 39.0 Å². The molecular weight excluding hydrogens is 1450 g/mol. The summed E-state index contributed by atoms with van der Waals surface area (Å²) in [7, 11) is 0. The van der Waals surface area contributed by atoms with Crippen LogP contribution in [0.15, 0.2) is 338 Å². The minimum Gasteiger partial charge on any atom is -0.456 e. The molecule has 5 heterocycles. The van der Waals surface area contributed by atoms with Gasteiger partial charge in [-0.2, -0.15) is 0 Å². The van der Waals surface area contributed by atoms with Gasteiger partial charge in [0, 0.05) is 84.0 Å². The summed E-state index contributed by atoms with van der Waals surface area (Å²) in [6.07, 6.45) is 0. The molecule has 0 unspecified atom stereocenters. The lowest BCUT2D eigenvalue weighted by Gasteiger charge is -2.21. The smallest absolute Gasteiger partial charge is 0.136 e. The van der Waals surface area contributed by atoms with E-state index in [2.05, 4.69) is 307 Å². The fourth-order valence-corrected chi connectivity index (χ4v) is 18.9. The number of furan rings is 1. The standard InChI is InChI=1S/C23H22O.C23H22S.2C22H21N.C22H20S/c2*1-15-8-5-9-16(14-15)17-10-6-12-19-21(17)22-18(23(2,3)4)11-7-13-20(22)24-19;1-22(2,3)16-9-8-10-17(15-16)23-20-13-6-4-11-18(20)19-12-5-7-14-21(19)23;1-22(2,3)16-12-14-17(15-13-16)23-20-10-6-4-8-18(20)19-9-5-7-11-21(19)23;1-22(2,3)19-14-8-13-18-17-12-7-11-16(20(17)23-21(18)19)15-9-5-4-6-10-15/h2*5-14H,1-4H3;2*4-15H,1-3H3;4-14H,1-3H3/i2*5D,8D,9D,14D;;;4D,5D,6D,9D,10D. The first-order chi connectivity index (χ1) is 61.5. The van der Waals surface area contributed by atoms with Crippen molar-refractivity contribution in [2.75, 3.05) is 0 Å². The maximum absolute atomic E-state index is 8.60. The Hall–Kier alpha value is -11.9. The molecule has 5 aromatic heterocycles. The second-order valence-electron chi connectivity index (χ2n) is 35.5. The van der Waals surface area contributed by atoms with Crippen LogP contribution in [0.25, 0.3) is 151 Å². The third kappa shape index (κ3) is 15.8. The van der Waals surface area contributed by atoms with Crippen LogP contribution in [-0.4, -0.2) is 9.13 Å². The fourth-order valence-electron chi connectivity index (χ4n) is 16.2. The Morgan fingerprint density at radius 2 is 0.684 bits per heavy atom. The number of fused-ring (bicyclic) bond motifs is 15. The summed E-state index contributed by atoms with van der Waals surface area (Å²) in [4.78, 5) is 0. The SMILES string of the molecule is CC(C)(C)c1ccc(-n2c3ccccc3c3ccccc32)cc1.CC(C)(C)c1cccc(-n2c3ccccc3c3ccccc32)c1.[2H]c1c([2H])c(C)c([2H])c(-c2cccc3oc4cccc(C(C)(C)C)c4c23)c1[2H].[2H]c1c([2H])c(C)c([2H])c(-c2cccc3sc4cccc(C(C)(C)C)c4c23)c1[2H].[2H]c1c([2H])c([2H])c(-c2cccc3c2sc2c(C(C)(C)C)cccc23)c([2H])c1[2H]. The summed E-state index contributed by atoms with van der Waals surface area (Å²) in [5.41, 5.74) is 19.6. The van der Waals surface area contributed by atoms with E-state index in [1.807, 2.05) is 60.7 Å². The Labute approximate surface area is 717 Å². The lowest BCUT2D eigenvalue weighted by molar-refractivity contribution is 0.590. The largest absolute Gasteiger partial charge is 0.456 e. The highest BCUT2D eigenvalue weighted by molar-refractivity contribution is 7.26. The highest BCUT2D eigenvalue weighted by Crippen LogP contribution is 2.48. The van der Waals surface area contributed by atoms with Gasteiger partial charge in [-0.25, -0.2) is 0 Å². The molecule has 0 radical (unpaired) electrons. The van der Waals surface area contributed by atoms with Gasteiger partial charge in [0.05, 0.1) is 39.9 Å². The van der Waals surface area contributed by atoms with E-state index in [4.69, 9.17) is 22.2 Å². The molecule has 0 saturated carbocycles. The van der Waals surface area contributed by atoms with Gasteiger partial charge in [-0.3, -0.25) is 0 Å². The van der Waals surface area contributed by atoms with Crippen molar-refractivity contribution in [1.29, 1.82) is 0 Å². The number of rotatable bonds is 5. The Balaban J connectivity index is 0.000000119. The zero-order valence-corrected chi connectivity index (χ0v) is 71.5. The van der Waals surface area contributed by atoms with Crippen LogP contribution in [0.3, 0.4) is 0 Å². The number of aromatic nitrogens is 2. The normalized spacial score (nSPS) is 13.7. The molecule has 0 aliphatic heterocycles. The number of hydrogen-bond donors (Lipinski definition) is 0. The molecule has 0 bridgehead atoms. The second kappa shape index (κ2) is 31.6. The molecule has 0 atom stereocenters. The van der Waals surface area contributed by atoms with Crippen LogP contribution >= 0.6 is 22.7 Å². The molecular formula is C112H106N2OS2. The topological polar surface area (TPSA) is 23.0 Å². The lowest BCUT2D eigenvalue weighted by atomic mass is 9.83. The van der Waals surface area contributed by atoms with E-state index >= 15 is 0 Å². The molecule has 3 nitrogen and oxygen atoms in total. The van der Waals surface area contributed by atoms with Gasteiger partial charge in [0.15, 0.2) is 0 Å². The van der Waals surface area contributed by atoms with Crippen LogP contribution in [0.2, 0.25) is 0 Å². The summed E-state index contributed by atoms with van der Waals surface area (Å²) in [5, 5.41) is 11.5. The van der Waals surface area contributed by atoms with Gasteiger partial charge in [0.1, 0.15) is 11.2 Å². The maximum Gasteiger partial charge on any atom is 0.136 e. The van der Waals surface area contributed by atoms with Crippen molar-refractivity contribution in [2.45, 2.75) is 145 Å². The molecule has 20 aromatic rings. The van der Waals surface area contributed by atoms with Crippen LogP contribution in [0.4, 0.5) is 0 Å². The van der Waals surface area contributed by atoms with Crippen LogP contribution in [0, 0.1) is 13.8 Å². The number of para-hydroxylation sites is 4. The van der Waals surface area contributed by atoms with Crippen molar-refractivity contribution in [3.8, 4) is 44.8 Å². The van der Waals surface area contributed by atoms with Crippen molar-refractivity contribution >= 4 is 129 Å². The van der Waals surface area contributed by atoms with Gasteiger partial charge in [-0.1, -0.05) is 376 Å². The summed E-state index contributed by atoms with van der Waals surface area (Å²) in [6, 6.07) is 87.0. The van der Waals surface area contributed by atoms with Crippen LogP contribution in [0.5, 0.6) is 0 Å². The first-order valence-electron chi connectivity index (χ1n) is 46.7. The predicted molar refractivity (Wildman–Crippen MR) is 513 cm³/mol. The molecule has 0 saturated heterocycles. The monoisotopic (exact) mass is 1570 g/mol. The van der Waals surface area contributed by atoms with Crippen molar-refractivity contribution in [2.24, 2.45) is 0 Å². The first kappa shape index (κ1) is 64.3. The Kier molecular flexibility index (Phi) is 17.4. The molecule has 117 heavy (non-hydrogen) atoms. The minimum absolute atomic E-state index is 0.0166. The van der Waals surface area contributed by atoms with E-state index in [1.54, 1.807) is 36.5 Å². The fraction of sp³-hybridized carbons (Fsp3) is 0.196. The van der Waals surface area contributed by atoms with Gasteiger partial charge < -0.3 is 13.6 Å². The molecule has 0 N–H and O–H groups in total. The third-order valence-corrected chi connectivity index (χ3v) is 24.3. The maximum atomic E-state index is 8.60. The summed E-state index contributed by atoms with van der Waals surface area (Å²) >= 11 is 3.35. The number of nitrogens with zero attached hydrogens (tertiary/aromatic N) is 2. The number of thiophene rings is 2. The molecule has 0 aliphatic rings. The molecule has 0 amide bonds. The summed E-state index contributed by atoms with van der Waals surface area (Å²) in [6.45, 7) is 36.5. The van der Waals surface area contributed by atoms with Gasteiger partial charge in [-0.05, 0) is 175 Å². The van der Waals surface area contributed by atoms with Crippen LogP contribution in [0.1, 0.15) is 161 Å². The van der Waals surface area contributed by atoms with E-state index in [9.17, 15) is 0 Å². The van der Waals surface area contributed by atoms with E-state index in [-0.39, 0.29) is 111 Å². The number of hydrogen-bond acceptors (Lipinski definition) is 3. The van der Waals surface area contributed by atoms with Crippen molar-refractivity contribution in [3.63, 3.8) is 0 Å². The van der Waals surface area contributed by atoms with Gasteiger partial charge in [0.2, 0.25) is 0 Å². The summed E-state index contributed by atoms with van der Waals surface area (Å²) < 4.78 is 122. The molecule has 0 fully saturated rings. The number of benzene rings is 15. The Bertz CT molecular complexity index is 7490. The average molecular weight is 1570 g/mol. The second-order valence-corrected chi connectivity index (χ2v) is 37.6. The van der Waals surface area contributed by atoms with E-state index in [0.717, 1.165) is 53.0 Å². The third-order valence-electron chi connectivity index (χ3n) is 21.9. The van der Waals surface area contributed by atoms with Crippen LogP contribution < -0.4 is 0 Å². The average Bonchev–Trinajstić information content (AvgIpc) is 1.63. The van der Waals surface area contributed by atoms with Crippen molar-refractivity contribution in [1.82, 2.24) is 9.13 Å². The van der Waals surface area contributed by atoms with Gasteiger partial charge in [0.25, 0.3) is 0 Å². The Morgan fingerprint density at radius 1 is 0.282 bits per heavy atom. The molecule has 15 aromatic carbocycles. The van der Waals surface area contributed by atoms with Crippen molar-refractivity contribution < 1.29 is 22.2 Å². The molecule has 5 heteroatoms. The molecule has 0 spiro atoms. The van der Waals surface area contributed by atoms with E-state index in [1.165, 1.54) is 92.0 Å². The van der Waals surface area contributed by atoms with Gasteiger partial charge >= 0.3 is 0 Å². The Morgan fingerprint density at radius 3 is 1.21 bits per heavy atom. The van der Waals surface area contributed by atoms with E-state index < -0.39 is 0 Å². The summed E-state index contributed by atoms with van der Waals surface area (Å²) in [5.74, 6) is 0. The zero-order chi connectivity index (χ0) is 93.2. The van der Waals surface area contributed by atoms with Crippen LogP contribution in [-0.2, 0) is 27.1 Å². The predicted octanol–water partition coefficient (Wildman–Crippen LogP) is 33.4. The molecule has 20 rings (SSSR count). The zero-order valence-electron chi connectivity index (χ0n) is 82.9. The highest BCUT2D eigenvalue weighted by atomic mass is 32.1. The minimum atomic E-state index is -0.364. The highest BCUT2D eigenvalue weighted by Gasteiger charge is 2.26. The lowest BCUT2D eigenvalue weighted by Crippen LogP contribution is -2.11. The first-order valence-corrected chi connectivity index (χ1v) is 41.9. The van der Waals surface area contributed by atoms with Gasteiger partial charge in [-0.15, -0.1) is 22.7 Å².